The number of nitrogens with one attached hydrogen (secondary N) is 1. The zero-order valence-electron chi connectivity index (χ0n) is 12.8. The number of benzene rings is 2. The molecule has 5 nitrogen and oxygen atoms in total. The van der Waals surface area contributed by atoms with Crippen molar-refractivity contribution >= 4 is 45.2 Å². The van der Waals surface area contributed by atoms with Crippen LogP contribution in [0.25, 0.3) is 11.0 Å². The lowest BCUT2D eigenvalue weighted by Gasteiger charge is -2.09. The van der Waals surface area contributed by atoms with Gasteiger partial charge in [-0.3, -0.25) is 4.79 Å². The van der Waals surface area contributed by atoms with Gasteiger partial charge in [-0.05, 0) is 52.9 Å². The predicted molar refractivity (Wildman–Crippen MR) is 100 cm³/mol. The van der Waals surface area contributed by atoms with Crippen LogP contribution in [0.15, 0.2) is 57.7 Å². The number of rotatable bonds is 4. The van der Waals surface area contributed by atoms with Gasteiger partial charge in [0.05, 0.1) is 0 Å². The molecule has 0 bridgehead atoms. The minimum atomic E-state index is -0.455. The van der Waals surface area contributed by atoms with Gasteiger partial charge in [-0.25, -0.2) is 4.79 Å². The van der Waals surface area contributed by atoms with Crippen LogP contribution in [-0.2, 0) is 11.4 Å². The van der Waals surface area contributed by atoms with Crippen molar-refractivity contribution in [3.8, 4) is 5.75 Å². The number of anilines is 1. The zero-order valence-corrected chi connectivity index (χ0v) is 15.0. The first-order chi connectivity index (χ1) is 11.5. The molecule has 6 heteroatoms. The van der Waals surface area contributed by atoms with Gasteiger partial charge in [0.15, 0.2) is 0 Å². The van der Waals surface area contributed by atoms with E-state index in [1.54, 1.807) is 18.2 Å². The molecule has 0 unspecified atom stereocenters. The van der Waals surface area contributed by atoms with Gasteiger partial charge in [-0.2, -0.15) is 0 Å². The Morgan fingerprint density at radius 2 is 2.04 bits per heavy atom. The van der Waals surface area contributed by atoms with Crippen LogP contribution in [0.1, 0.15) is 12.5 Å². The predicted octanol–water partition coefficient (Wildman–Crippen LogP) is 3.94. The smallest absolute Gasteiger partial charge is 0.336 e. The average Bonchev–Trinajstić information content (AvgIpc) is 2.51. The zero-order chi connectivity index (χ0) is 17.1. The van der Waals surface area contributed by atoms with Crippen LogP contribution in [0, 0.1) is 3.57 Å². The molecular formula is C18H14INO4. The Kier molecular flexibility index (Phi) is 4.84. The highest BCUT2D eigenvalue weighted by atomic mass is 127. The average molecular weight is 435 g/mol. The van der Waals surface area contributed by atoms with Gasteiger partial charge in [0.25, 0.3) is 0 Å². The van der Waals surface area contributed by atoms with Crippen LogP contribution in [-0.4, -0.2) is 5.91 Å². The molecule has 3 rings (SSSR count). The molecule has 1 heterocycles. The first-order valence-corrected chi connectivity index (χ1v) is 8.32. The molecule has 0 radical (unpaired) electrons. The van der Waals surface area contributed by atoms with Crippen molar-refractivity contribution in [3.63, 3.8) is 0 Å². The van der Waals surface area contributed by atoms with Gasteiger partial charge in [-0.1, -0.05) is 6.07 Å². The van der Waals surface area contributed by atoms with Gasteiger partial charge in [0, 0.05) is 39.3 Å². The standard InChI is InChI=1S/C18H14INO4/c1-11(21)20-14-5-6-16-12(7-18(22)24-17(16)9-14)10-23-15-4-2-3-13(19)8-15/h2-9H,10H2,1H3,(H,20,21). The number of amides is 1. The van der Waals surface area contributed by atoms with Gasteiger partial charge in [0.1, 0.15) is 17.9 Å². The Hall–Kier alpha value is -2.35. The monoisotopic (exact) mass is 435 g/mol. The SMILES string of the molecule is CC(=O)Nc1ccc2c(COc3cccc(I)c3)cc(=O)oc2c1. The summed E-state index contributed by atoms with van der Waals surface area (Å²) in [6.45, 7) is 1.67. The van der Waals surface area contributed by atoms with Crippen molar-refractivity contribution in [2.75, 3.05) is 5.32 Å². The van der Waals surface area contributed by atoms with Crippen molar-refractivity contribution in [2.45, 2.75) is 13.5 Å². The Bertz CT molecular complexity index is 965. The summed E-state index contributed by atoms with van der Waals surface area (Å²) in [5.41, 5.74) is 1.27. The third-order valence-corrected chi connectivity index (χ3v) is 4.01. The molecule has 0 saturated heterocycles. The maximum absolute atomic E-state index is 11.8. The van der Waals surface area contributed by atoms with Crippen LogP contribution in [0.3, 0.4) is 0 Å². The second-order valence-corrected chi connectivity index (χ2v) is 6.47. The summed E-state index contributed by atoms with van der Waals surface area (Å²) in [5, 5.41) is 3.44. The summed E-state index contributed by atoms with van der Waals surface area (Å²) < 4.78 is 12.1. The fourth-order valence-corrected chi connectivity index (χ4v) is 2.86. The number of halogens is 1. The third-order valence-electron chi connectivity index (χ3n) is 3.34. The molecule has 24 heavy (non-hydrogen) atoms. The topological polar surface area (TPSA) is 68.5 Å². The van der Waals surface area contributed by atoms with Gasteiger partial charge in [-0.15, -0.1) is 0 Å². The van der Waals surface area contributed by atoms with E-state index >= 15 is 0 Å². The molecule has 0 aliphatic rings. The van der Waals surface area contributed by atoms with Crippen LogP contribution in [0.2, 0.25) is 0 Å². The lowest BCUT2D eigenvalue weighted by atomic mass is 10.1. The first kappa shape index (κ1) is 16.5. The van der Waals surface area contributed by atoms with E-state index in [0.717, 1.165) is 20.3 Å². The molecule has 0 saturated carbocycles. The van der Waals surface area contributed by atoms with Gasteiger partial charge >= 0.3 is 5.63 Å². The van der Waals surface area contributed by atoms with Crippen molar-refractivity contribution in [1.82, 2.24) is 0 Å². The molecule has 1 aromatic heterocycles. The van der Waals surface area contributed by atoms with E-state index in [4.69, 9.17) is 9.15 Å². The minimum absolute atomic E-state index is 0.185. The Morgan fingerprint density at radius 3 is 2.79 bits per heavy atom. The maximum atomic E-state index is 11.8. The number of fused-ring (bicyclic) bond motifs is 1. The van der Waals surface area contributed by atoms with Crippen LogP contribution in [0.5, 0.6) is 5.75 Å². The van der Waals surface area contributed by atoms with E-state index in [2.05, 4.69) is 27.9 Å². The Balaban J connectivity index is 1.92. The summed E-state index contributed by atoms with van der Waals surface area (Å²) in [6, 6.07) is 14.3. The normalized spacial score (nSPS) is 10.6. The molecule has 0 aliphatic carbocycles. The van der Waals surface area contributed by atoms with E-state index < -0.39 is 5.63 Å². The lowest BCUT2D eigenvalue weighted by molar-refractivity contribution is -0.114. The van der Waals surface area contributed by atoms with Crippen LogP contribution in [0.4, 0.5) is 5.69 Å². The van der Waals surface area contributed by atoms with Crippen LogP contribution >= 0.6 is 22.6 Å². The third kappa shape index (κ3) is 3.94. The molecule has 1 amide bonds. The summed E-state index contributed by atoms with van der Waals surface area (Å²) in [7, 11) is 0. The number of ether oxygens (including phenoxy) is 1. The molecule has 122 valence electrons. The van der Waals surface area contributed by atoms with E-state index in [9.17, 15) is 9.59 Å². The summed E-state index contributed by atoms with van der Waals surface area (Å²) >= 11 is 2.21. The maximum Gasteiger partial charge on any atom is 0.336 e. The number of hydrogen-bond donors (Lipinski definition) is 1. The molecule has 0 spiro atoms. The van der Waals surface area contributed by atoms with E-state index in [-0.39, 0.29) is 12.5 Å². The fraction of sp³-hybridized carbons (Fsp3) is 0.111. The Labute approximate surface area is 151 Å². The van der Waals surface area contributed by atoms with Crippen molar-refractivity contribution in [1.29, 1.82) is 0 Å². The molecule has 0 atom stereocenters. The number of carbonyl (C=O) groups is 1. The summed E-state index contributed by atoms with van der Waals surface area (Å²) in [6.07, 6.45) is 0. The molecule has 2 aromatic carbocycles. The first-order valence-electron chi connectivity index (χ1n) is 7.24. The molecule has 3 aromatic rings. The minimum Gasteiger partial charge on any atom is -0.489 e. The van der Waals surface area contributed by atoms with Gasteiger partial charge < -0.3 is 14.5 Å². The molecular weight excluding hydrogens is 421 g/mol. The van der Waals surface area contributed by atoms with Crippen molar-refractivity contribution in [3.05, 3.63) is 68.1 Å². The van der Waals surface area contributed by atoms with Crippen LogP contribution < -0.4 is 15.7 Å². The number of carbonyl (C=O) groups excluding carboxylic acids is 1. The van der Waals surface area contributed by atoms with E-state index in [1.165, 1.54) is 13.0 Å². The molecule has 0 fully saturated rings. The molecule has 1 N–H and O–H groups in total. The van der Waals surface area contributed by atoms with Gasteiger partial charge in [0.2, 0.25) is 5.91 Å². The second kappa shape index (κ2) is 7.04. The largest absolute Gasteiger partial charge is 0.489 e. The van der Waals surface area contributed by atoms with Crippen molar-refractivity contribution < 1.29 is 13.9 Å². The summed E-state index contributed by atoms with van der Waals surface area (Å²) in [5.74, 6) is 0.549. The second-order valence-electron chi connectivity index (χ2n) is 5.23. The Morgan fingerprint density at radius 1 is 1.21 bits per heavy atom. The fourth-order valence-electron chi connectivity index (χ4n) is 2.35. The van der Waals surface area contributed by atoms with E-state index in [1.807, 2.05) is 24.3 Å². The molecule has 0 aliphatic heterocycles. The highest BCUT2D eigenvalue weighted by Crippen LogP contribution is 2.23. The van der Waals surface area contributed by atoms with E-state index in [0.29, 0.717) is 11.3 Å². The lowest BCUT2D eigenvalue weighted by Crippen LogP contribution is -2.07. The highest BCUT2D eigenvalue weighted by molar-refractivity contribution is 14.1. The summed E-state index contributed by atoms with van der Waals surface area (Å²) in [4.78, 5) is 22.9. The highest BCUT2D eigenvalue weighted by Gasteiger charge is 2.08. The number of hydrogen-bond acceptors (Lipinski definition) is 4. The quantitative estimate of drug-likeness (QED) is 0.498. The van der Waals surface area contributed by atoms with Crippen molar-refractivity contribution in [2.24, 2.45) is 0 Å².